The van der Waals surface area contributed by atoms with Gasteiger partial charge in [-0.25, -0.2) is 0 Å². The molecular formula is C30H52O26. The van der Waals surface area contributed by atoms with Crippen LogP contribution in [0.25, 0.3) is 0 Å². The van der Waals surface area contributed by atoms with Gasteiger partial charge in [-0.05, 0) is 0 Å². The molecule has 17 N–H and O–H groups in total. The maximum absolute atomic E-state index is 11.2. The van der Waals surface area contributed by atoms with Gasteiger partial charge in [-0.3, -0.25) is 0 Å². The normalized spacial score (nSPS) is 53.2. The average molecular weight is 829 g/mol. The summed E-state index contributed by atoms with van der Waals surface area (Å²) in [5.41, 5.74) is 0. The highest BCUT2D eigenvalue weighted by Gasteiger charge is 2.53. The molecule has 5 fully saturated rings. The molecule has 0 amide bonds. The first-order valence-electron chi connectivity index (χ1n) is 17.6. The average Bonchev–Trinajstić information content (AvgIpc) is 3.18. The molecule has 0 unspecified atom stereocenters. The summed E-state index contributed by atoms with van der Waals surface area (Å²) >= 11 is 0. The maximum atomic E-state index is 11.2. The van der Waals surface area contributed by atoms with E-state index in [2.05, 4.69) is 0 Å². The van der Waals surface area contributed by atoms with Gasteiger partial charge in [0, 0.05) is 0 Å². The number of aliphatic hydroxyl groups excluding tert-OH is 17. The van der Waals surface area contributed by atoms with Crippen molar-refractivity contribution in [3.8, 4) is 0 Å². The standard InChI is InChI=1S/C30H52O26/c31-1-6-11(33)17(39)21(43)27(52-6)49-5-10-14(36)19(41)23(45)30(55-10)56-25-15(37)7(2-32)53-29(24(25)46)50-4-9-13(35)18(40)22(44)28(54-9)48-3-8-12(34)16(38)20(42)26(47)51-8/h6-47H,1-5H2/t6-,7-,8-,9-,10-,11-,12-,13-,14-,15-,16+,17+,18+,19+,20-,21-,22-,23-,24-,25+,26+,27+,28+,29+,30-/m1/s1. The van der Waals surface area contributed by atoms with Gasteiger partial charge in [0.15, 0.2) is 31.5 Å². The Morgan fingerprint density at radius 2 is 0.625 bits per heavy atom. The fourth-order valence-corrected chi connectivity index (χ4v) is 6.71. The molecule has 0 aromatic carbocycles. The van der Waals surface area contributed by atoms with Crippen molar-refractivity contribution in [2.24, 2.45) is 0 Å². The molecule has 5 aliphatic rings. The van der Waals surface area contributed by atoms with E-state index >= 15 is 0 Å². The minimum Gasteiger partial charge on any atom is -0.394 e. The Morgan fingerprint density at radius 1 is 0.304 bits per heavy atom. The summed E-state index contributed by atoms with van der Waals surface area (Å²) in [7, 11) is 0. The number of ether oxygens (including phenoxy) is 9. The first-order valence-corrected chi connectivity index (χ1v) is 17.6. The van der Waals surface area contributed by atoms with Crippen molar-refractivity contribution >= 4 is 0 Å². The summed E-state index contributed by atoms with van der Waals surface area (Å²) in [6.07, 6.45) is -44.8. The molecular weight excluding hydrogens is 776 g/mol. The third-order valence-electron chi connectivity index (χ3n) is 10.3. The lowest BCUT2D eigenvalue weighted by Crippen LogP contribution is -2.65. The predicted octanol–water partition coefficient (Wildman–Crippen LogP) is -11.9. The van der Waals surface area contributed by atoms with E-state index < -0.39 is 187 Å². The fourth-order valence-electron chi connectivity index (χ4n) is 6.71. The van der Waals surface area contributed by atoms with Crippen molar-refractivity contribution in [2.45, 2.75) is 154 Å². The molecule has 5 saturated heterocycles. The lowest BCUT2D eigenvalue weighted by atomic mass is 9.96. The fraction of sp³-hybridized carbons (Fsp3) is 1.00. The molecule has 26 heteroatoms. The predicted molar refractivity (Wildman–Crippen MR) is 167 cm³/mol. The van der Waals surface area contributed by atoms with Crippen molar-refractivity contribution < 1.29 is 129 Å². The second-order valence-corrected chi connectivity index (χ2v) is 14.1. The number of rotatable bonds is 13. The van der Waals surface area contributed by atoms with Gasteiger partial charge >= 0.3 is 0 Å². The van der Waals surface area contributed by atoms with E-state index in [0.717, 1.165) is 0 Å². The minimum absolute atomic E-state index is 0.679. The Bertz CT molecular complexity index is 1210. The minimum atomic E-state index is -2.05. The van der Waals surface area contributed by atoms with Gasteiger partial charge in [0.1, 0.15) is 122 Å². The van der Waals surface area contributed by atoms with Crippen LogP contribution in [0.3, 0.4) is 0 Å². The quantitative estimate of drug-likeness (QED) is 0.0819. The largest absolute Gasteiger partial charge is 0.394 e. The van der Waals surface area contributed by atoms with Gasteiger partial charge < -0.3 is 129 Å². The Morgan fingerprint density at radius 3 is 1.07 bits per heavy atom. The molecule has 5 aliphatic heterocycles. The van der Waals surface area contributed by atoms with Crippen LogP contribution in [-0.4, -0.2) is 273 Å². The summed E-state index contributed by atoms with van der Waals surface area (Å²) < 4.78 is 48.6. The van der Waals surface area contributed by atoms with Crippen LogP contribution in [-0.2, 0) is 42.6 Å². The molecule has 5 rings (SSSR count). The topological polar surface area (TPSA) is 427 Å². The molecule has 0 saturated carbocycles. The SMILES string of the molecule is OC[C@H]1O[C@H](OC[C@H]2O[C@H](O[C@@H]3[C@@H](O)[C@@H](OC[C@H]4O[C@H](OC[C@H]5O[C@H](O)[C@H](O)[C@@H](O)[C@@H]5O)[C@H](O)[C@@H](O)[C@@H]4O)O[C@H](CO)[C@H]3O)[C@H](O)[C@@H](O)[C@@H]2O)[C@H](O)[C@@H](O)[C@@H]1O. The van der Waals surface area contributed by atoms with Crippen LogP contribution in [0.5, 0.6) is 0 Å². The van der Waals surface area contributed by atoms with E-state index in [0.29, 0.717) is 0 Å². The molecule has 0 aromatic heterocycles. The molecule has 56 heavy (non-hydrogen) atoms. The number of hydrogen-bond acceptors (Lipinski definition) is 26. The van der Waals surface area contributed by atoms with Gasteiger partial charge in [0.05, 0.1) is 33.0 Å². The zero-order valence-corrected chi connectivity index (χ0v) is 29.2. The first kappa shape index (κ1) is 46.0. The summed E-state index contributed by atoms with van der Waals surface area (Å²) in [5.74, 6) is 0. The Balaban J connectivity index is 1.20. The highest BCUT2D eigenvalue weighted by Crippen LogP contribution is 2.32. The van der Waals surface area contributed by atoms with Crippen LogP contribution in [0, 0.1) is 0 Å². The summed E-state index contributed by atoms with van der Waals surface area (Å²) in [4.78, 5) is 0. The second-order valence-electron chi connectivity index (χ2n) is 14.1. The van der Waals surface area contributed by atoms with E-state index in [4.69, 9.17) is 42.6 Å². The van der Waals surface area contributed by atoms with Crippen LogP contribution in [0.4, 0.5) is 0 Å². The van der Waals surface area contributed by atoms with Crippen molar-refractivity contribution in [2.75, 3.05) is 33.0 Å². The summed E-state index contributed by atoms with van der Waals surface area (Å²) in [6.45, 7) is -3.84. The molecule has 0 spiro atoms. The van der Waals surface area contributed by atoms with Gasteiger partial charge in [-0.2, -0.15) is 0 Å². The molecule has 26 nitrogen and oxygen atoms in total. The van der Waals surface area contributed by atoms with E-state index in [1.54, 1.807) is 0 Å². The molecule has 5 heterocycles. The molecule has 328 valence electrons. The summed E-state index contributed by atoms with van der Waals surface area (Å²) in [6, 6.07) is 0. The Hall–Kier alpha value is -1.04. The first-order chi connectivity index (χ1) is 26.4. The Labute approximate surface area is 316 Å². The third kappa shape index (κ3) is 9.61. The van der Waals surface area contributed by atoms with Crippen molar-refractivity contribution in [1.29, 1.82) is 0 Å². The highest BCUT2D eigenvalue weighted by molar-refractivity contribution is 4.96. The van der Waals surface area contributed by atoms with Crippen LogP contribution in [0.2, 0.25) is 0 Å². The summed E-state index contributed by atoms with van der Waals surface area (Å²) in [5, 5.41) is 174. The van der Waals surface area contributed by atoms with Gasteiger partial charge in [-0.1, -0.05) is 0 Å². The van der Waals surface area contributed by atoms with E-state index in [1.807, 2.05) is 0 Å². The van der Waals surface area contributed by atoms with Crippen molar-refractivity contribution in [3.63, 3.8) is 0 Å². The zero-order valence-electron chi connectivity index (χ0n) is 29.2. The second kappa shape index (κ2) is 19.6. The lowest BCUT2D eigenvalue weighted by Gasteiger charge is -2.47. The molecule has 0 aliphatic carbocycles. The monoisotopic (exact) mass is 828 g/mol. The molecule has 25 atom stereocenters. The van der Waals surface area contributed by atoms with Gasteiger partial charge in [-0.15, -0.1) is 0 Å². The Kier molecular flexibility index (Phi) is 16.1. The van der Waals surface area contributed by atoms with Crippen LogP contribution in [0.1, 0.15) is 0 Å². The van der Waals surface area contributed by atoms with Gasteiger partial charge in [0.2, 0.25) is 0 Å². The molecule has 0 bridgehead atoms. The van der Waals surface area contributed by atoms with E-state index in [1.165, 1.54) is 0 Å². The number of aliphatic hydroxyl groups is 17. The van der Waals surface area contributed by atoms with Crippen LogP contribution < -0.4 is 0 Å². The van der Waals surface area contributed by atoms with Crippen molar-refractivity contribution in [1.82, 2.24) is 0 Å². The maximum Gasteiger partial charge on any atom is 0.187 e. The van der Waals surface area contributed by atoms with Crippen LogP contribution >= 0.6 is 0 Å². The molecule has 0 aromatic rings. The van der Waals surface area contributed by atoms with Gasteiger partial charge in [0.25, 0.3) is 0 Å². The van der Waals surface area contributed by atoms with Crippen LogP contribution in [0.15, 0.2) is 0 Å². The zero-order chi connectivity index (χ0) is 41.3. The lowest BCUT2D eigenvalue weighted by molar-refractivity contribution is -0.370. The molecule has 0 radical (unpaired) electrons. The van der Waals surface area contributed by atoms with E-state index in [9.17, 15) is 86.8 Å². The van der Waals surface area contributed by atoms with E-state index in [-0.39, 0.29) is 0 Å². The smallest absolute Gasteiger partial charge is 0.187 e. The number of hydrogen-bond donors (Lipinski definition) is 17. The third-order valence-corrected chi connectivity index (χ3v) is 10.3. The van der Waals surface area contributed by atoms with Crippen molar-refractivity contribution in [3.05, 3.63) is 0 Å². The highest BCUT2D eigenvalue weighted by atomic mass is 16.8.